The van der Waals surface area contributed by atoms with Gasteiger partial charge in [0.1, 0.15) is 0 Å². The fourth-order valence-corrected chi connectivity index (χ4v) is 4.09. The van der Waals surface area contributed by atoms with E-state index in [0.717, 1.165) is 22.6 Å². The molecule has 7 heteroatoms. The fraction of sp³-hybridized carbons (Fsp3) is 0.172. The number of aryl methyl sites for hydroxylation is 1. The molecule has 1 N–H and O–H groups in total. The maximum atomic E-state index is 12.7. The molecule has 0 aliphatic heterocycles. The maximum Gasteiger partial charge on any atom is 0.271 e. The molecule has 1 amide bonds. The van der Waals surface area contributed by atoms with Crippen LogP contribution in [-0.4, -0.2) is 29.9 Å². The van der Waals surface area contributed by atoms with E-state index in [2.05, 4.69) is 46.3 Å². The van der Waals surface area contributed by atoms with E-state index in [4.69, 9.17) is 21.1 Å². The molecule has 0 atom stereocenters. The third kappa shape index (κ3) is 5.61. The Balaban J connectivity index is 1.48. The second kappa shape index (κ2) is 11.6. The topological polar surface area (TPSA) is 64.8 Å². The highest BCUT2D eigenvalue weighted by Crippen LogP contribution is 2.33. The molecular formula is C29H28ClN3O3. The zero-order chi connectivity index (χ0) is 25.5. The van der Waals surface area contributed by atoms with Crippen LogP contribution < -0.4 is 14.9 Å². The average Bonchev–Trinajstić information content (AvgIpc) is 3.28. The predicted octanol–water partition coefficient (Wildman–Crippen LogP) is 6.67. The van der Waals surface area contributed by atoms with Crippen LogP contribution in [0.3, 0.4) is 0 Å². The Bertz CT molecular complexity index is 1360. The van der Waals surface area contributed by atoms with E-state index >= 15 is 0 Å². The summed E-state index contributed by atoms with van der Waals surface area (Å²) >= 11 is 6.36. The summed E-state index contributed by atoms with van der Waals surface area (Å²) < 4.78 is 13.4. The number of hydrogen-bond donors (Lipinski definition) is 1. The van der Waals surface area contributed by atoms with Crippen molar-refractivity contribution in [3.8, 4) is 28.4 Å². The van der Waals surface area contributed by atoms with Crippen LogP contribution >= 0.6 is 11.6 Å². The van der Waals surface area contributed by atoms with E-state index in [0.29, 0.717) is 40.9 Å². The molecule has 0 bridgehead atoms. The SMILES string of the molecule is CCOc1cc(Cl)c(/C=N/NC(=O)c2ccc(-n3c(C)ccc3-c3ccccc3)cc2)cc1OCC. The first-order valence-corrected chi connectivity index (χ1v) is 12.2. The molecule has 3 aromatic carbocycles. The lowest BCUT2D eigenvalue weighted by atomic mass is 10.1. The van der Waals surface area contributed by atoms with Crippen LogP contribution in [-0.2, 0) is 0 Å². The number of nitrogens with one attached hydrogen (secondary N) is 1. The Morgan fingerprint density at radius 1 is 0.944 bits per heavy atom. The fourth-order valence-electron chi connectivity index (χ4n) is 3.89. The molecule has 0 unspecified atom stereocenters. The van der Waals surface area contributed by atoms with Crippen molar-refractivity contribution in [3.63, 3.8) is 0 Å². The summed E-state index contributed by atoms with van der Waals surface area (Å²) in [6.45, 7) is 6.83. The van der Waals surface area contributed by atoms with Crippen molar-refractivity contribution in [2.75, 3.05) is 13.2 Å². The monoisotopic (exact) mass is 501 g/mol. The minimum absolute atomic E-state index is 0.322. The van der Waals surface area contributed by atoms with Gasteiger partial charge in [-0.3, -0.25) is 4.79 Å². The van der Waals surface area contributed by atoms with Gasteiger partial charge < -0.3 is 14.0 Å². The average molecular weight is 502 g/mol. The second-order valence-electron chi connectivity index (χ2n) is 7.99. The number of hydrazone groups is 1. The van der Waals surface area contributed by atoms with Crippen molar-refractivity contribution in [1.29, 1.82) is 0 Å². The highest BCUT2D eigenvalue weighted by atomic mass is 35.5. The maximum absolute atomic E-state index is 12.7. The van der Waals surface area contributed by atoms with Crippen LogP contribution in [0.15, 0.2) is 84.0 Å². The van der Waals surface area contributed by atoms with Gasteiger partial charge in [0, 0.05) is 28.6 Å². The molecule has 6 nitrogen and oxygen atoms in total. The molecule has 184 valence electrons. The number of nitrogens with zero attached hydrogens (tertiary/aromatic N) is 2. The summed E-state index contributed by atoms with van der Waals surface area (Å²) in [6.07, 6.45) is 1.49. The van der Waals surface area contributed by atoms with Gasteiger partial charge in [0.15, 0.2) is 11.5 Å². The number of carbonyl (C=O) groups excluding carboxylic acids is 1. The number of aromatic nitrogens is 1. The van der Waals surface area contributed by atoms with Gasteiger partial charge in [-0.25, -0.2) is 5.43 Å². The second-order valence-corrected chi connectivity index (χ2v) is 8.40. The minimum Gasteiger partial charge on any atom is -0.490 e. The predicted molar refractivity (Wildman–Crippen MR) is 145 cm³/mol. The summed E-state index contributed by atoms with van der Waals surface area (Å²) in [4.78, 5) is 12.7. The molecule has 0 spiro atoms. The van der Waals surface area contributed by atoms with Gasteiger partial charge in [-0.1, -0.05) is 41.9 Å². The third-order valence-electron chi connectivity index (χ3n) is 5.57. The third-order valence-corrected chi connectivity index (χ3v) is 5.89. The van der Waals surface area contributed by atoms with Gasteiger partial charge in [0.2, 0.25) is 0 Å². The van der Waals surface area contributed by atoms with E-state index in [9.17, 15) is 4.79 Å². The van der Waals surface area contributed by atoms with Crippen LogP contribution in [0.2, 0.25) is 5.02 Å². The van der Waals surface area contributed by atoms with E-state index in [1.54, 1.807) is 24.3 Å². The number of amides is 1. The van der Waals surface area contributed by atoms with Gasteiger partial charge in [-0.2, -0.15) is 5.10 Å². The zero-order valence-corrected chi connectivity index (χ0v) is 21.3. The number of ether oxygens (including phenoxy) is 2. The number of rotatable bonds is 9. The number of benzene rings is 3. The van der Waals surface area contributed by atoms with E-state index in [1.165, 1.54) is 6.21 Å². The largest absolute Gasteiger partial charge is 0.490 e. The van der Waals surface area contributed by atoms with Crippen LogP contribution in [0.25, 0.3) is 16.9 Å². The highest BCUT2D eigenvalue weighted by molar-refractivity contribution is 6.33. The number of carbonyl (C=O) groups is 1. The van der Waals surface area contributed by atoms with Gasteiger partial charge >= 0.3 is 0 Å². The first-order valence-electron chi connectivity index (χ1n) is 11.8. The van der Waals surface area contributed by atoms with Crippen LogP contribution in [0.1, 0.15) is 35.5 Å². The lowest BCUT2D eigenvalue weighted by molar-refractivity contribution is 0.0955. The lowest BCUT2D eigenvalue weighted by Crippen LogP contribution is -2.17. The first kappa shape index (κ1) is 25.1. The summed E-state index contributed by atoms with van der Waals surface area (Å²) in [6, 6.07) is 25.2. The molecule has 1 heterocycles. The molecule has 36 heavy (non-hydrogen) atoms. The van der Waals surface area contributed by atoms with Crippen molar-refractivity contribution in [1.82, 2.24) is 9.99 Å². The zero-order valence-electron chi connectivity index (χ0n) is 20.5. The molecule has 0 saturated carbocycles. The molecule has 0 saturated heterocycles. The molecule has 0 fully saturated rings. The summed E-state index contributed by atoms with van der Waals surface area (Å²) in [5, 5.41) is 4.53. The quantitative estimate of drug-likeness (QED) is 0.206. The van der Waals surface area contributed by atoms with E-state index in [-0.39, 0.29) is 5.91 Å². The molecule has 1 aromatic heterocycles. The standard InChI is InChI=1S/C29H28ClN3O3/c1-4-35-27-17-23(25(30)18-28(27)36-5-2)19-31-32-29(34)22-12-14-24(15-13-22)33-20(3)11-16-26(33)21-9-7-6-8-10-21/h6-19H,4-5H2,1-3H3,(H,32,34)/b31-19+. The van der Waals surface area contributed by atoms with Crippen molar-refractivity contribution < 1.29 is 14.3 Å². The summed E-state index contributed by atoms with van der Waals surface area (Å²) in [5.41, 5.74) is 7.96. The summed E-state index contributed by atoms with van der Waals surface area (Å²) in [7, 11) is 0. The van der Waals surface area contributed by atoms with Crippen LogP contribution in [0.4, 0.5) is 0 Å². The van der Waals surface area contributed by atoms with Crippen LogP contribution in [0.5, 0.6) is 11.5 Å². The number of halogens is 1. The van der Waals surface area contributed by atoms with Crippen molar-refractivity contribution >= 4 is 23.7 Å². The highest BCUT2D eigenvalue weighted by Gasteiger charge is 2.12. The minimum atomic E-state index is -0.322. The Morgan fingerprint density at radius 3 is 2.28 bits per heavy atom. The molecule has 0 radical (unpaired) electrons. The lowest BCUT2D eigenvalue weighted by Gasteiger charge is -2.13. The van der Waals surface area contributed by atoms with E-state index in [1.807, 2.05) is 44.2 Å². The molecular weight excluding hydrogens is 474 g/mol. The Morgan fingerprint density at radius 2 is 1.61 bits per heavy atom. The molecule has 0 aliphatic rings. The molecule has 4 rings (SSSR count). The van der Waals surface area contributed by atoms with Gasteiger partial charge in [-0.05, 0) is 68.8 Å². The molecule has 4 aromatic rings. The van der Waals surface area contributed by atoms with Crippen LogP contribution in [0, 0.1) is 6.92 Å². The van der Waals surface area contributed by atoms with Crippen molar-refractivity contribution in [2.24, 2.45) is 5.10 Å². The Labute approximate surface area is 216 Å². The number of hydrogen-bond acceptors (Lipinski definition) is 4. The Hall–Kier alpha value is -4.03. The van der Waals surface area contributed by atoms with Gasteiger partial charge in [0.25, 0.3) is 5.91 Å². The van der Waals surface area contributed by atoms with Crippen molar-refractivity contribution in [3.05, 3.63) is 101 Å². The Kier molecular flexibility index (Phi) is 8.08. The van der Waals surface area contributed by atoms with Gasteiger partial charge in [-0.15, -0.1) is 0 Å². The molecule has 0 aliphatic carbocycles. The first-order chi connectivity index (χ1) is 17.5. The summed E-state index contributed by atoms with van der Waals surface area (Å²) in [5.74, 6) is 0.818. The van der Waals surface area contributed by atoms with Crippen molar-refractivity contribution in [2.45, 2.75) is 20.8 Å². The normalized spacial score (nSPS) is 11.0. The smallest absolute Gasteiger partial charge is 0.271 e. The van der Waals surface area contributed by atoms with E-state index < -0.39 is 0 Å². The van der Waals surface area contributed by atoms with Gasteiger partial charge in [0.05, 0.1) is 30.1 Å².